The average molecular weight is 219 g/mol. The number of nitrogens with zero attached hydrogens (tertiary/aromatic N) is 1. The molecule has 1 aromatic carbocycles. The van der Waals surface area contributed by atoms with Crippen LogP contribution in [0.2, 0.25) is 0 Å². The molecule has 88 valence electrons. The molecule has 0 saturated carbocycles. The standard InChI is InChI=1S/C13H21N3/c1-10-7-16(8-11(2)15-10)9-12-3-5-13(14)6-4-12/h3-6,10-11,15H,7-9,14H2,1-2H3. The highest BCUT2D eigenvalue weighted by Crippen LogP contribution is 2.11. The van der Waals surface area contributed by atoms with Crippen LogP contribution in [0.3, 0.4) is 0 Å². The van der Waals surface area contributed by atoms with Crippen molar-refractivity contribution in [1.29, 1.82) is 0 Å². The van der Waals surface area contributed by atoms with Crippen LogP contribution in [0.15, 0.2) is 24.3 Å². The smallest absolute Gasteiger partial charge is 0.0314 e. The van der Waals surface area contributed by atoms with Gasteiger partial charge in [-0.1, -0.05) is 12.1 Å². The van der Waals surface area contributed by atoms with Gasteiger partial charge in [-0.25, -0.2) is 0 Å². The van der Waals surface area contributed by atoms with Crippen LogP contribution in [0.1, 0.15) is 19.4 Å². The van der Waals surface area contributed by atoms with Crippen LogP contribution in [-0.2, 0) is 6.54 Å². The van der Waals surface area contributed by atoms with E-state index in [-0.39, 0.29) is 0 Å². The quantitative estimate of drug-likeness (QED) is 0.740. The maximum Gasteiger partial charge on any atom is 0.0314 e. The van der Waals surface area contributed by atoms with Crippen LogP contribution >= 0.6 is 0 Å². The molecule has 1 aliphatic heterocycles. The Labute approximate surface area is 97.6 Å². The van der Waals surface area contributed by atoms with Crippen molar-refractivity contribution in [1.82, 2.24) is 10.2 Å². The number of benzene rings is 1. The molecule has 1 heterocycles. The van der Waals surface area contributed by atoms with Gasteiger partial charge in [-0.3, -0.25) is 4.90 Å². The van der Waals surface area contributed by atoms with Gasteiger partial charge in [-0.15, -0.1) is 0 Å². The lowest BCUT2D eigenvalue weighted by Crippen LogP contribution is -2.53. The minimum Gasteiger partial charge on any atom is -0.399 e. The Balaban J connectivity index is 1.96. The zero-order valence-electron chi connectivity index (χ0n) is 10.1. The van der Waals surface area contributed by atoms with Crippen molar-refractivity contribution in [3.63, 3.8) is 0 Å². The fraction of sp³-hybridized carbons (Fsp3) is 0.538. The van der Waals surface area contributed by atoms with Crippen molar-refractivity contribution in [2.24, 2.45) is 0 Å². The Hall–Kier alpha value is -1.06. The molecule has 0 bridgehead atoms. The zero-order chi connectivity index (χ0) is 11.5. The van der Waals surface area contributed by atoms with E-state index >= 15 is 0 Å². The first-order valence-corrected chi connectivity index (χ1v) is 5.96. The van der Waals surface area contributed by atoms with Crippen molar-refractivity contribution in [3.05, 3.63) is 29.8 Å². The van der Waals surface area contributed by atoms with Gasteiger partial charge in [0.05, 0.1) is 0 Å². The van der Waals surface area contributed by atoms with Crippen molar-refractivity contribution >= 4 is 5.69 Å². The molecule has 1 aliphatic rings. The third-order valence-electron chi connectivity index (χ3n) is 3.02. The van der Waals surface area contributed by atoms with E-state index in [1.165, 1.54) is 5.56 Å². The molecule has 0 aromatic heterocycles. The van der Waals surface area contributed by atoms with Gasteiger partial charge >= 0.3 is 0 Å². The summed E-state index contributed by atoms with van der Waals surface area (Å²) in [5.74, 6) is 0. The predicted molar refractivity (Wildman–Crippen MR) is 68.2 cm³/mol. The summed E-state index contributed by atoms with van der Waals surface area (Å²) in [6, 6.07) is 9.35. The number of piperazine rings is 1. The van der Waals surface area contributed by atoms with Gasteiger partial charge in [-0.2, -0.15) is 0 Å². The maximum atomic E-state index is 5.68. The molecule has 1 aromatic rings. The van der Waals surface area contributed by atoms with E-state index in [1.54, 1.807) is 0 Å². The number of nitrogen functional groups attached to an aromatic ring is 1. The van der Waals surface area contributed by atoms with Crippen molar-refractivity contribution in [3.8, 4) is 0 Å². The van der Waals surface area contributed by atoms with Gasteiger partial charge in [0.2, 0.25) is 0 Å². The van der Waals surface area contributed by atoms with Crippen molar-refractivity contribution in [2.45, 2.75) is 32.5 Å². The fourth-order valence-electron chi connectivity index (χ4n) is 2.45. The molecule has 0 spiro atoms. The van der Waals surface area contributed by atoms with Crippen molar-refractivity contribution in [2.75, 3.05) is 18.8 Å². The monoisotopic (exact) mass is 219 g/mol. The topological polar surface area (TPSA) is 41.3 Å². The minimum atomic E-state index is 0.581. The number of hydrogen-bond donors (Lipinski definition) is 2. The molecule has 2 atom stereocenters. The molecule has 3 heteroatoms. The van der Waals surface area contributed by atoms with Gasteiger partial charge in [0.15, 0.2) is 0 Å². The number of hydrogen-bond acceptors (Lipinski definition) is 3. The Bertz CT molecular complexity index is 324. The second-order valence-electron chi connectivity index (χ2n) is 4.90. The van der Waals surface area contributed by atoms with Gasteiger partial charge in [0.1, 0.15) is 0 Å². The van der Waals surface area contributed by atoms with Crippen molar-refractivity contribution < 1.29 is 0 Å². The van der Waals surface area contributed by atoms with Gasteiger partial charge < -0.3 is 11.1 Å². The maximum absolute atomic E-state index is 5.68. The van der Waals surface area contributed by atoms with E-state index in [2.05, 4.69) is 36.2 Å². The van der Waals surface area contributed by atoms with Crippen LogP contribution in [0.5, 0.6) is 0 Å². The summed E-state index contributed by atoms with van der Waals surface area (Å²) in [5, 5.41) is 3.54. The number of nitrogens with two attached hydrogens (primary N) is 1. The van der Waals surface area contributed by atoms with E-state index in [0.717, 1.165) is 25.3 Å². The van der Waals surface area contributed by atoms with E-state index < -0.39 is 0 Å². The molecule has 1 fully saturated rings. The summed E-state index contributed by atoms with van der Waals surface area (Å²) < 4.78 is 0. The SMILES string of the molecule is CC1CN(Cc2ccc(N)cc2)CC(C)N1. The molecule has 2 unspecified atom stereocenters. The largest absolute Gasteiger partial charge is 0.399 e. The molecule has 2 rings (SSSR count). The highest BCUT2D eigenvalue weighted by molar-refractivity contribution is 5.39. The normalized spacial score (nSPS) is 26.9. The summed E-state index contributed by atoms with van der Waals surface area (Å²) >= 11 is 0. The number of rotatable bonds is 2. The van der Waals surface area contributed by atoms with E-state index in [4.69, 9.17) is 5.73 Å². The zero-order valence-corrected chi connectivity index (χ0v) is 10.1. The number of anilines is 1. The molecule has 0 amide bonds. The highest BCUT2D eigenvalue weighted by atomic mass is 15.2. The summed E-state index contributed by atoms with van der Waals surface area (Å²) in [7, 11) is 0. The minimum absolute atomic E-state index is 0.581. The van der Waals surface area contributed by atoms with Gasteiger partial charge in [-0.05, 0) is 31.5 Å². The van der Waals surface area contributed by atoms with Crippen LogP contribution in [0.25, 0.3) is 0 Å². The lowest BCUT2D eigenvalue weighted by molar-refractivity contribution is 0.166. The van der Waals surface area contributed by atoms with Gasteiger partial charge in [0, 0.05) is 37.4 Å². The summed E-state index contributed by atoms with van der Waals surface area (Å²) in [5.41, 5.74) is 7.86. The molecule has 0 radical (unpaired) electrons. The Morgan fingerprint density at radius 2 is 1.75 bits per heavy atom. The Morgan fingerprint density at radius 1 is 1.19 bits per heavy atom. The average Bonchev–Trinajstić information content (AvgIpc) is 2.20. The summed E-state index contributed by atoms with van der Waals surface area (Å²) in [6.07, 6.45) is 0. The van der Waals surface area contributed by atoms with Crippen LogP contribution in [0.4, 0.5) is 5.69 Å². The lowest BCUT2D eigenvalue weighted by Gasteiger charge is -2.36. The van der Waals surface area contributed by atoms with E-state index in [0.29, 0.717) is 12.1 Å². The second-order valence-corrected chi connectivity index (χ2v) is 4.90. The number of nitrogens with one attached hydrogen (secondary N) is 1. The van der Waals surface area contributed by atoms with E-state index in [1.807, 2.05) is 12.1 Å². The first-order valence-electron chi connectivity index (χ1n) is 5.96. The van der Waals surface area contributed by atoms with E-state index in [9.17, 15) is 0 Å². The molecule has 3 N–H and O–H groups in total. The van der Waals surface area contributed by atoms with Crippen LogP contribution < -0.4 is 11.1 Å². The molecule has 0 aliphatic carbocycles. The predicted octanol–water partition coefficient (Wildman–Crippen LogP) is 1.45. The fourth-order valence-corrected chi connectivity index (χ4v) is 2.45. The summed E-state index contributed by atoms with van der Waals surface area (Å²) in [4.78, 5) is 2.50. The molecular weight excluding hydrogens is 198 g/mol. The third-order valence-corrected chi connectivity index (χ3v) is 3.02. The second kappa shape index (κ2) is 4.85. The first kappa shape index (κ1) is 11.4. The van der Waals surface area contributed by atoms with Gasteiger partial charge in [0.25, 0.3) is 0 Å². The van der Waals surface area contributed by atoms with Crippen LogP contribution in [0, 0.1) is 0 Å². The molecule has 16 heavy (non-hydrogen) atoms. The van der Waals surface area contributed by atoms with Crippen LogP contribution in [-0.4, -0.2) is 30.1 Å². The highest BCUT2D eigenvalue weighted by Gasteiger charge is 2.20. The summed E-state index contributed by atoms with van der Waals surface area (Å²) in [6.45, 7) is 7.75. The third kappa shape index (κ3) is 2.97. The lowest BCUT2D eigenvalue weighted by atomic mass is 10.1. The molecule has 1 saturated heterocycles. The Morgan fingerprint density at radius 3 is 2.31 bits per heavy atom. The molecular formula is C13H21N3. The first-order chi connectivity index (χ1) is 7.63. The molecule has 3 nitrogen and oxygen atoms in total. The Kier molecular flexibility index (Phi) is 3.46.